The molecule has 1 aromatic heterocycles. The summed E-state index contributed by atoms with van der Waals surface area (Å²) in [5, 5.41) is 9.81. The molecule has 0 saturated carbocycles. The maximum atomic E-state index is 13.6. The van der Waals surface area contributed by atoms with Crippen LogP contribution in [0.15, 0.2) is 36.5 Å². The van der Waals surface area contributed by atoms with Gasteiger partial charge in [-0.1, -0.05) is 24.8 Å². The Hall–Kier alpha value is -3.48. The van der Waals surface area contributed by atoms with Crippen molar-refractivity contribution in [2.75, 3.05) is 47.4 Å². The second kappa shape index (κ2) is 12.0. The molecule has 0 spiro atoms. The van der Waals surface area contributed by atoms with Crippen molar-refractivity contribution >= 4 is 11.8 Å². The van der Waals surface area contributed by atoms with E-state index in [1.807, 2.05) is 25.9 Å². The Bertz CT molecular complexity index is 1160. The Morgan fingerprint density at radius 3 is 2.75 bits per heavy atom. The van der Waals surface area contributed by atoms with E-state index in [0.717, 1.165) is 0 Å². The summed E-state index contributed by atoms with van der Waals surface area (Å²) in [6.07, 6.45) is 1.05. The highest BCUT2D eigenvalue weighted by atomic mass is 19.1. The summed E-state index contributed by atoms with van der Waals surface area (Å²) in [6, 6.07) is 6.75. The van der Waals surface area contributed by atoms with Crippen LogP contribution in [-0.2, 0) is 0 Å². The number of hydrogen-bond acceptors (Lipinski definition) is 6. The third-order valence-electron chi connectivity index (χ3n) is 6.02. The Kier molecular flexibility index (Phi) is 9.02. The van der Waals surface area contributed by atoms with E-state index in [4.69, 9.17) is 4.74 Å². The van der Waals surface area contributed by atoms with Gasteiger partial charge in [0.2, 0.25) is 5.88 Å². The van der Waals surface area contributed by atoms with E-state index in [-0.39, 0.29) is 47.9 Å². The van der Waals surface area contributed by atoms with Crippen LogP contribution in [-0.4, -0.2) is 96.1 Å². The van der Waals surface area contributed by atoms with Gasteiger partial charge in [0, 0.05) is 36.8 Å². The van der Waals surface area contributed by atoms with Gasteiger partial charge in [0.15, 0.2) is 0 Å². The van der Waals surface area contributed by atoms with Crippen molar-refractivity contribution in [2.45, 2.75) is 26.0 Å². The van der Waals surface area contributed by atoms with Crippen LogP contribution in [0.1, 0.15) is 40.1 Å². The van der Waals surface area contributed by atoms with Crippen molar-refractivity contribution in [2.24, 2.45) is 5.92 Å². The van der Waals surface area contributed by atoms with Gasteiger partial charge in [-0.05, 0) is 45.3 Å². The van der Waals surface area contributed by atoms with Crippen molar-refractivity contribution in [3.05, 3.63) is 59.0 Å². The first-order valence-corrected chi connectivity index (χ1v) is 11.8. The number of ether oxygens (including phenoxy) is 1. The molecule has 9 heteroatoms. The number of aromatic nitrogens is 1. The molecule has 2 aromatic rings. The molecule has 2 heterocycles. The normalized spacial score (nSPS) is 18.3. The minimum absolute atomic E-state index is 0.149. The molecule has 1 aliphatic heterocycles. The minimum atomic E-state index is -0.508. The van der Waals surface area contributed by atoms with Crippen LogP contribution in [0.25, 0.3) is 0 Å². The Labute approximate surface area is 211 Å². The first kappa shape index (κ1) is 27.1. The minimum Gasteiger partial charge on any atom is -0.472 e. The lowest BCUT2D eigenvalue weighted by atomic mass is 9.99. The van der Waals surface area contributed by atoms with Gasteiger partial charge in [-0.25, -0.2) is 9.37 Å². The number of pyridine rings is 1. The summed E-state index contributed by atoms with van der Waals surface area (Å²) in [7, 11) is 5.45. The van der Waals surface area contributed by atoms with Gasteiger partial charge in [0.05, 0.1) is 25.7 Å². The predicted octanol–water partition coefficient (Wildman–Crippen LogP) is 2.13. The van der Waals surface area contributed by atoms with Crippen molar-refractivity contribution in [3.8, 4) is 17.7 Å². The van der Waals surface area contributed by atoms with E-state index in [9.17, 15) is 19.1 Å². The fraction of sp³-hybridized carbons (Fsp3) is 0.444. The third-order valence-corrected chi connectivity index (χ3v) is 6.02. The number of nitrogens with zero attached hydrogens (tertiary/aromatic N) is 4. The quantitative estimate of drug-likeness (QED) is 0.617. The zero-order valence-corrected chi connectivity index (χ0v) is 21.4. The molecule has 192 valence electrons. The lowest BCUT2D eigenvalue weighted by molar-refractivity contribution is 0.0313. The molecule has 8 nitrogen and oxygen atoms in total. The Balaban J connectivity index is 1.93. The van der Waals surface area contributed by atoms with Crippen LogP contribution in [0.2, 0.25) is 0 Å². The van der Waals surface area contributed by atoms with Gasteiger partial charge in [-0.3, -0.25) is 14.5 Å². The van der Waals surface area contributed by atoms with Crippen LogP contribution in [0.3, 0.4) is 0 Å². The highest BCUT2D eigenvalue weighted by molar-refractivity contribution is 5.97. The number of likely N-dealkylation sites (N-methyl/N-ethyl adjacent to an activating group) is 1. The standard InChI is InChI=1S/C27H33FN4O4/c1-18-15-32(19(2)17-33)27(35)23-12-20(8-7-11-30(3)4)14-29-25(23)36-24(18)16-31(5)26(34)21-9-6-10-22(28)13-21/h6,9-10,12-14,18-19,24,33H,11,15-17H2,1-5H3/t18-,19-,24+/m1/s1. The van der Waals surface area contributed by atoms with Crippen LogP contribution < -0.4 is 4.74 Å². The topological polar surface area (TPSA) is 86.2 Å². The number of carbonyl (C=O) groups is 2. The lowest BCUT2D eigenvalue weighted by Crippen LogP contribution is -2.50. The number of amides is 2. The van der Waals surface area contributed by atoms with E-state index < -0.39 is 18.0 Å². The first-order chi connectivity index (χ1) is 17.1. The summed E-state index contributed by atoms with van der Waals surface area (Å²) in [5.74, 6) is 4.87. The monoisotopic (exact) mass is 496 g/mol. The average Bonchev–Trinajstić information content (AvgIpc) is 2.85. The van der Waals surface area contributed by atoms with Crippen LogP contribution in [0.4, 0.5) is 4.39 Å². The number of hydrogen-bond donors (Lipinski definition) is 1. The highest BCUT2D eigenvalue weighted by Crippen LogP contribution is 2.27. The molecular weight excluding hydrogens is 463 g/mol. The molecule has 0 radical (unpaired) electrons. The summed E-state index contributed by atoms with van der Waals surface area (Å²) >= 11 is 0. The molecule has 3 rings (SSSR count). The lowest BCUT2D eigenvalue weighted by Gasteiger charge is -2.37. The summed E-state index contributed by atoms with van der Waals surface area (Å²) in [5.41, 5.74) is 1.07. The maximum absolute atomic E-state index is 13.6. The van der Waals surface area contributed by atoms with E-state index in [1.165, 1.54) is 23.1 Å². The van der Waals surface area contributed by atoms with Gasteiger partial charge >= 0.3 is 0 Å². The number of benzene rings is 1. The fourth-order valence-electron chi connectivity index (χ4n) is 3.88. The van der Waals surface area contributed by atoms with E-state index in [1.54, 1.807) is 37.2 Å². The SMILES string of the molecule is C[C@@H]1CN([C@H](C)CO)C(=O)c2cc(C#CCN(C)C)cnc2O[C@H]1CN(C)C(=O)c1cccc(F)c1. The highest BCUT2D eigenvalue weighted by Gasteiger charge is 2.34. The second-order valence-corrected chi connectivity index (χ2v) is 9.43. The van der Waals surface area contributed by atoms with Crippen molar-refractivity contribution < 1.29 is 23.8 Å². The summed E-state index contributed by atoms with van der Waals surface area (Å²) in [6.45, 7) is 4.55. The van der Waals surface area contributed by atoms with Gasteiger partial charge in [0.25, 0.3) is 11.8 Å². The number of carbonyl (C=O) groups excluding carboxylic acids is 2. The van der Waals surface area contributed by atoms with Gasteiger partial charge in [-0.2, -0.15) is 0 Å². The van der Waals surface area contributed by atoms with Crippen LogP contribution in [0, 0.1) is 23.6 Å². The molecule has 0 bridgehead atoms. The number of rotatable bonds is 6. The fourth-order valence-corrected chi connectivity index (χ4v) is 3.88. The zero-order chi connectivity index (χ0) is 26.4. The molecule has 2 amide bonds. The number of halogens is 1. The number of aliphatic hydroxyl groups is 1. The second-order valence-electron chi connectivity index (χ2n) is 9.43. The smallest absolute Gasteiger partial charge is 0.259 e. The van der Waals surface area contributed by atoms with E-state index in [2.05, 4.69) is 16.8 Å². The molecule has 0 fully saturated rings. The van der Waals surface area contributed by atoms with Gasteiger partial charge in [0.1, 0.15) is 17.5 Å². The van der Waals surface area contributed by atoms with Crippen molar-refractivity contribution in [3.63, 3.8) is 0 Å². The molecule has 3 atom stereocenters. The molecule has 1 N–H and O–H groups in total. The maximum Gasteiger partial charge on any atom is 0.259 e. The molecule has 1 aromatic carbocycles. The number of aliphatic hydroxyl groups excluding tert-OH is 1. The average molecular weight is 497 g/mol. The molecule has 1 aliphatic rings. The molecule has 0 aliphatic carbocycles. The molecule has 0 saturated heterocycles. The molecular formula is C27H33FN4O4. The van der Waals surface area contributed by atoms with Crippen molar-refractivity contribution in [1.82, 2.24) is 19.7 Å². The summed E-state index contributed by atoms with van der Waals surface area (Å²) in [4.78, 5) is 35.8. The Morgan fingerprint density at radius 2 is 2.08 bits per heavy atom. The predicted molar refractivity (Wildman–Crippen MR) is 134 cm³/mol. The third kappa shape index (κ3) is 6.59. The summed E-state index contributed by atoms with van der Waals surface area (Å²) < 4.78 is 19.9. The molecule has 0 unspecified atom stereocenters. The van der Waals surface area contributed by atoms with E-state index in [0.29, 0.717) is 18.7 Å². The molecule has 36 heavy (non-hydrogen) atoms. The Morgan fingerprint density at radius 1 is 1.33 bits per heavy atom. The van der Waals surface area contributed by atoms with Gasteiger partial charge in [-0.15, -0.1) is 0 Å². The van der Waals surface area contributed by atoms with E-state index >= 15 is 0 Å². The first-order valence-electron chi connectivity index (χ1n) is 11.8. The van der Waals surface area contributed by atoms with Crippen LogP contribution >= 0.6 is 0 Å². The largest absolute Gasteiger partial charge is 0.472 e. The number of fused-ring (bicyclic) bond motifs is 1. The zero-order valence-electron chi connectivity index (χ0n) is 21.4. The van der Waals surface area contributed by atoms with Crippen molar-refractivity contribution in [1.29, 1.82) is 0 Å². The van der Waals surface area contributed by atoms with Gasteiger partial charge < -0.3 is 19.6 Å². The van der Waals surface area contributed by atoms with Crippen LogP contribution in [0.5, 0.6) is 5.88 Å².